The third kappa shape index (κ3) is 3.60. The van der Waals surface area contributed by atoms with Gasteiger partial charge >= 0.3 is 0 Å². The van der Waals surface area contributed by atoms with E-state index in [1.54, 1.807) is 41.3 Å². The van der Waals surface area contributed by atoms with Crippen molar-refractivity contribution < 1.29 is 14.3 Å². The second kappa shape index (κ2) is 9.18. The van der Waals surface area contributed by atoms with E-state index in [4.69, 9.17) is 4.74 Å². The summed E-state index contributed by atoms with van der Waals surface area (Å²) in [7, 11) is 0. The summed E-state index contributed by atoms with van der Waals surface area (Å²) in [4.78, 5) is 41.4. The number of ether oxygens (including phenoxy) is 1. The van der Waals surface area contributed by atoms with Crippen molar-refractivity contribution in [3.05, 3.63) is 114 Å². The second-order valence-corrected chi connectivity index (χ2v) is 9.29. The maximum absolute atomic E-state index is 13.3. The SMILES string of the molecule is N#CN=C(Oc1ccccc1)C1Cc2cccc3c2N1C=CN=C3C1=C(c2cnc3ccccn23)C(=O)NC1=O. The predicted octanol–water partition coefficient (Wildman–Crippen LogP) is 3.41. The summed E-state index contributed by atoms with van der Waals surface area (Å²) in [5.41, 5.74) is 4.32. The smallest absolute Gasteiger partial charge is 0.261 e. The average molecular weight is 526 g/mol. The first-order valence-electron chi connectivity index (χ1n) is 12.5. The van der Waals surface area contributed by atoms with Gasteiger partial charge in [-0.3, -0.25) is 24.3 Å². The number of benzene rings is 2. The van der Waals surface area contributed by atoms with Crippen LogP contribution in [0.25, 0.3) is 11.2 Å². The lowest BCUT2D eigenvalue weighted by Gasteiger charge is -2.25. The molecular formula is C30H19N7O3. The molecule has 40 heavy (non-hydrogen) atoms. The number of nitrogens with zero attached hydrogens (tertiary/aromatic N) is 6. The first-order valence-corrected chi connectivity index (χ1v) is 12.5. The Morgan fingerprint density at radius 2 is 1.85 bits per heavy atom. The van der Waals surface area contributed by atoms with Crippen molar-refractivity contribution in [3.63, 3.8) is 0 Å². The molecule has 0 fully saturated rings. The van der Waals surface area contributed by atoms with Crippen LogP contribution < -0.4 is 15.0 Å². The topological polar surface area (TPSA) is 124 Å². The van der Waals surface area contributed by atoms with Crippen molar-refractivity contribution in [1.82, 2.24) is 14.7 Å². The number of amides is 2. The van der Waals surface area contributed by atoms with Crippen LogP contribution >= 0.6 is 0 Å². The van der Waals surface area contributed by atoms with E-state index in [0.29, 0.717) is 34.8 Å². The highest BCUT2D eigenvalue weighted by molar-refractivity contribution is 6.47. The van der Waals surface area contributed by atoms with Gasteiger partial charge in [-0.05, 0) is 29.8 Å². The van der Waals surface area contributed by atoms with Crippen molar-refractivity contribution in [2.45, 2.75) is 12.5 Å². The maximum Gasteiger partial charge on any atom is 0.261 e. The molecule has 7 rings (SSSR count). The van der Waals surface area contributed by atoms with Gasteiger partial charge in [0.1, 0.15) is 17.4 Å². The minimum atomic E-state index is -0.530. The van der Waals surface area contributed by atoms with E-state index in [1.165, 1.54) is 0 Å². The molecule has 2 aromatic carbocycles. The molecule has 2 aromatic heterocycles. The third-order valence-corrected chi connectivity index (χ3v) is 7.06. The minimum Gasteiger partial charge on any atom is -0.440 e. The highest BCUT2D eigenvalue weighted by Crippen LogP contribution is 2.40. The van der Waals surface area contributed by atoms with Gasteiger partial charge in [0.25, 0.3) is 11.8 Å². The quantitative estimate of drug-likeness (QED) is 0.188. The summed E-state index contributed by atoms with van der Waals surface area (Å²) in [6, 6.07) is 20.0. The number of carbonyl (C=O) groups is 2. The highest BCUT2D eigenvalue weighted by atomic mass is 16.5. The Hall–Kier alpha value is -5.82. The highest BCUT2D eigenvalue weighted by Gasteiger charge is 2.41. The van der Waals surface area contributed by atoms with Crippen LogP contribution in [0.2, 0.25) is 0 Å². The molecule has 2 amide bonds. The molecule has 192 valence electrons. The summed E-state index contributed by atoms with van der Waals surface area (Å²) in [5, 5.41) is 11.9. The summed E-state index contributed by atoms with van der Waals surface area (Å²) in [5.74, 6) is -0.239. The predicted molar refractivity (Wildman–Crippen MR) is 147 cm³/mol. The Bertz CT molecular complexity index is 1890. The van der Waals surface area contributed by atoms with E-state index >= 15 is 0 Å². The number of nitriles is 1. The fourth-order valence-corrected chi connectivity index (χ4v) is 5.41. The molecule has 1 N–H and O–H groups in total. The van der Waals surface area contributed by atoms with Crippen LogP contribution in [0.1, 0.15) is 16.8 Å². The summed E-state index contributed by atoms with van der Waals surface area (Å²) < 4.78 is 7.83. The first kappa shape index (κ1) is 23.3. The zero-order chi connectivity index (χ0) is 27.2. The average Bonchev–Trinajstić information content (AvgIpc) is 3.60. The largest absolute Gasteiger partial charge is 0.440 e. The standard InChI is InChI=1S/C30H19N7O3/c31-17-34-30(40-19-8-2-1-3-9-19)21-15-18-7-6-10-20-26(32-12-14-37(21)27(18)20)25-24(28(38)35-29(25)39)22-16-33-23-11-4-5-13-36(22)23/h1-14,16,21H,15H2,(H,35,38,39). The van der Waals surface area contributed by atoms with Gasteiger partial charge in [-0.25, -0.2) is 4.98 Å². The Kier molecular flexibility index (Phi) is 5.35. The van der Waals surface area contributed by atoms with Crippen molar-refractivity contribution in [2.24, 2.45) is 9.98 Å². The number of rotatable bonds is 4. The van der Waals surface area contributed by atoms with Gasteiger partial charge in [-0.2, -0.15) is 5.26 Å². The Labute approximate surface area is 227 Å². The van der Waals surface area contributed by atoms with Crippen LogP contribution in [-0.4, -0.2) is 38.9 Å². The molecule has 5 heterocycles. The Morgan fingerprint density at radius 3 is 2.70 bits per heavy atom. The van der Waals surface area contributed by atoms with Crippen LogP contribution in [-0.2, 0) is 16.0 Å². The fourth-order valence-electron chi connectivity index (χ4n) is 5.41. The van der Waals surface area contributed by atoms with Gasteiger partial charge < -0.3 is 9.64 Å². The molecular weight excluding hydrogens is 506 g/mol. The van der Waals surface area contributed by atoms with Crippen molar-refractivity contribution in [2.75, 3.05) is 4.90 Å². The molecule has 10 nitrogen and oxygen atoms in total. The number of para-hydroxylation sites is 2. The van der Waals surface area contributed by atoms with E-state index in [2.05, 4.69) is 20.3 Å². The van der Waals surface area contributed by atoms with E-state index in [1.807, 2.05) is 65.7 Å². The van der Waals surface area contributed by atoms with Gasteiger partial charge in [0.05, 0.1) is 34.4 Å². The number of carbonyl (C=O) groups excluding carboxylic acids is 2. The van der Waals surface area contributed by atoms with Crippen LogP contribution in [0.15, 0.2) is 107 Å². The molecule has 0 aliphatic carbocycles. The Morgan fingerprint density at radius 1 is 1.02 bits per heavy atom. The van der Waals surface area contributed by atoms with Crippen LogP contribution in [0, 0.1) is 11.5 Å². The lowest BCUT2D eigenvalue weighted by molar-refractivity contribution is -0.123. The number of imidazole rings is 1. The lowest BCUT2D eigenvalue weighted by atomic mass is 9.94. The molecule has 3 aliphatic heterocycles. The van der Waals surface area contributed by atoms with Crippen molar-refractivity contribution in [3.8, 4) is 11.9 Å². The molecule has 0 saturated carbocycles. The number of anilines is 1. The minimum absolute atomic E-state index is 0.172. The molecule has 10 heteroatoms. The van der Waals surface area contributed by atoms with E-state index in [0.717, 1.165) is 11.3 Å². The molecule has 1 unspecified atom stereocenters. The van der Waals surface area contributed by atoms with Crippen LogP contribution in [0.5, 0.6) is 5.75 Å². The van der Waals surface area contributed by atoms with Gasteiger partial charge in [0, 0.05) is 30.6 Å². The fraction of sp³-hybridized carbons (Fsp3) is 0.0667. The number of hydrogen-bond acceptors (Lipinski definition) is 8. The first-order chi connectivity index (χ1) is 19.6. The van der Waals surface area contributed by atoms with E-state index in [-0.39, 0.29) is 17.0 Å². The zero-order valence-electron chi connectivity index (χ0n) is 20.9. The van der Waals surface area contributed by atoms with Crippen LogP contribution in [0.3, 0.4) is 0 Å². The maximum atomic E-state index is 13.3. The monoisotopic (exact) mass is 525 g/mol. The number of nitrogens with one attached hydrogen (secondary N) is 1. The number of imide groups is 1. The molecule has 0 saturated heterocycles. The van der Waals surface area contributed by atoms with Gasteiger partial charge in [0.2, 0.25) is 12.1 Å². The second-order valence-electron chi connectivity index (χ2n) is 9.29. The summed E-state index contributed by atoms with van der Waals surface area (Å²) >= 11 is 0. The molecule has 0 radical (unpaired) electrons. The molecule has 3 aliphatic rings. The number of hydrogen-bond donors (Lipinski definition) is 1. The van der Waals surface area contributed by atoms with E-state index in [9.17, 15) is 14.9 Å². The van der Waals surface area contributed by atoms with E-state index < -0.39 is 17.9 Å². The Balaban J connectivity index is 1.35. The lowest BCUT2D eigenvalue weighted by Crippen LogP contribution is -2.38. The van der Waals surface area contributed by atoms with Gasteiger partial charge in [0.15, 0.2) is 0 Å². The van der Waals surface area contributed by atoms with Crippen molar-refractivity contribution >= 4 is 40.3 Å². The third-order valence-electron chi connectivity index (χ3n) is 7.06. The molecule has 1 atom stereocenters. The zero-order valence-corrected chi connectivity index (χ0v) is 20.9. The molecule has 0 bridgehead atoms. The molecule has 0 spiro atoms. The summed E-state index contributed by atoms with van der Waals surface area (Å²) in [6.45, 7) is 0. The van der Waals surface area contributed by atoms with Gasteiger partial charge in [-0.1, -0.05) is 42.5 Å². The molecule has 4 aromatic rings. The van der Waals surface area contributed by atoms with Gasteiger partial charge in [-0.15, -0.1) is 4.99 Å². The van der Waals surface area contributed by atoms with Crippen LogP contribution in [0.4, 0.5) is 5.69 Å². The number of aromatic nitrogens is 2. The summed E-state index contributed by atoms with van der Waals surface area (Å²) in [6.07, 6.45) is 9.11. The number of aliphatic imine (C=N–C) groups is 2. The van der Waals surface area contributed by atoms with Crippen molar-refractivity contribution in [1.29, 1.82) is 5.26 Å². The number of pyridine rings is 1. The normalized spacial score (nSPS) is 18.0. The number of fused-ring (bicyclic) bond motifs is 1.